The molecule has 0 saturated heterocycles. The largest absolute Gasteiger partial charge is 0.496 e. The number of methoxy groups -OCH3 is 1. The van der Waals surface area contributed by atoms with Crippen molar-refractivity contribution >= 4 is 28.4 Å². The van der Waals surface area contributed by atoms with E-state index in [-0.39, 0.29) is 6.08 Å². The van der Waals surface area contributed by atoms with Crippen molar-refractivity contribution in [1.29, 1.82) is 0 Å². The van der Waals surface area contributed by atoms with Crippen LogP contribution in [0, 0.1) is 0 Å². The smallest absolute Gasteiger partial charge is 0.455 e. The van der Waals surface area contributed by atoms with Crippen LogP contribution in [0.15, 0.2) is 54.1 Å². The number of benzene rings is 2. The third-order valence-corrected chi connectivity index (χ3v) is 3.68. The molecule has 0 aliphatic carbocycles. The Morgan fingerprint density at radius 3 is 1.89 bits per heavy atom. The van der Waals surface area contributed by atoms with E-state index in [0.29, 0.717) is 22.1 Å². The molecule has 0 bridgehead atoms. The van der Waals surface area contributed by atoms with E-state index in [9.17, 15) is 35.9 Å². The maximum Gasteiger partial charge on any atom is 0.455 e. The zero-order valence-electron chi connectivity index (χ0n) is 14.2. The molecule has 0 saturated carbocycles. The predicted molar refractivity (Wildman–Crippen MR) is 89.7 cm³/mol. The Morgan fingerprint density at radius 1 is 0.857 bits per heavy atom. The lowest BCUT2D eigenvalue weighted by Gasteiger charge is -2.10. The van der Waals surface area contributed by atoms with Crippen LogP contribution in [0.1, 0.15) is 5.56 Å². The number of allylic oxidation sites excluding steroid dienone is 3. The number of Topliss-reactive ketones (excluding diaryl/α,β-unsaturated/α-hetero) is 2. The number of ketones is 2. The van der Waals surface area contributed by atoms with Crippen LogP contribution in [0.3, 0.4) is 0 Å². The summed E-state index contributed by atoms with van der Waals surface area (Å²) in [5.74, 6) is -5.21. The molecule has 0 spiro atoms. The van der Waals surface area contributed by atoms with Crippen molar-refractivity contribution in [2.24, 2.45) is 0 Å². The molecule has 0 N–H and O–H groups in total. The first-order valence-corrected chi connectivity index (χ1v) is 7.64. The highest BCUT2D eigenvalue weighted by atomic mass is 19.4. The van der Waals surface area contributed by atoms with E-state index in [4.69, 9.17) is 4.74 Å². The summed E-state index contributed by atoms with van der Waals surface area (Å²) < 4.78 is 80.4. The van der Waals surface area contributed by atoms with Crippen molar-refractivity contribution in [2.75, 3.05) is 7.11 Å². The van der Waals surface area contributed by atoms with Crippen molar-refractivity contribution < 1.29 is 40.7 Å². The van der Waals surface area contributed by atoms with Gasteiger partial charge in [-0.05, 0) is 23.1 Å². The zero-order chi connectivity index (χ0) is 21.1. The van der Waals surface area contributed by atoms with Crippen molar-refractivity contribution in [3.05, 3.63) is 59.7 Å². The summed E-state index contributed by atoms with van der Waals surface area (Å²) >= 11 is 0. The quantitative estimate of drug-likeness (QED) is 0.231. The van der Waals surface area contributed by atoms with E-state index in [1.165, 1.54) is 19.3 Å². The SMILES string of the molecule is COc1ccc(/C=C/C=C(C(=O)C(F)(F)F)C(=O)C(F)(F)F)c2ccccc12. The summed E-state index contributed by atoms with van der Waals surface area (Å²) in [6.45, 7) is 0. The average molecular weight is 402 g/mol. The molecule has 148 valence electrons. The monoisotopic (exact) mass is 402 g/mol. The summed E-state index contributed by atoms with van der Waals surface area (Å²) in [6, 6.07) is 9.88. The molecule has 3 nitrogen and oxygen atoms in total. The molecule has 0 fully saturated rings. The molecule has 0 aromatic heterocycles. The molecule has 0 radical (unpaired) electrons. The fraction of sp³-hybridized carbons (Fsp3) is 0.158. The highest BCUT2D eigenvalue weighted by Gasteiger charge is 2.49. The first-order chi connectivity index (χ1) is 13.0. The average Bonchev–Trinajstić information content (AvgIpc) is 2.62. The topological polar surface area (TPSA) is 43.4 Å². The minimum absolute atomic E-state index is 0.213. The van der Waals surface area contributed by atoms with E-state index in [0.717, 1.165) is 6.08 Å². The highest BCUT2D eigenvalue weighted by Crippen LogP contribution is 2.30. The van der Waals surface area contributed by atoms with Crippen LogP contribution in [0.5, 0.6) is 5.75 Å². The van der Waals surface area contributed by atoms with Gasteiger partial charge in [0.25, 0.3) is 11.6 Å². The van der Waals surface area contributed by atoms with Gasteiger partial charge in [0, 0.05) is 5.39 Å². The molecule has 0 unspecified atom stereocenters. The Morgan fingerprint density at radius 2 is 1.39 bits per heavy atom. The van der Waals surface area contributed by atoms with E-state index in [1.807, 2.05) is 0 Å². The van der Waals surface area contributed by atoms with Gasteiger partial charge in [-0.25, -0.2) is 0 Å². The van der Waals surface area contributed by atoms with Crippen molar-refractivity contribution in [1.82, 2.24) is 0 Å². The third kappa shape index (κ3) is 4.59. The van der Waals surface area contributed by atoms with Gasteiger partial charge in [0.1, 0.15) is 5.75 Å². The van der Waals surface area contributed by atoms with Crippen LogP contribution in [0.25, 0.3) is 16.8 Å². The molecule has 0 amide bonds. The fourth-order valence-electron chi connectivity index (χ4n) is 2.43. The van der Waals surface area contributed by atoms with Crippen LogP contribution in [0.4, 0.5) is 26.3 Å². The highest BCUT2D eigenvalue weighted by molar-refractivity contribution is 6.24. The second kappa shape index (κ2) is 7.87. The standard InChI is InChI=1S/C19H12F6O3/c1-28-15-10-9-11(12-6-2-3-7-13(12)15)5-4-8-14(16(26)18(20,21)22)17(27)19(23,24)25/h2-10H,1H3/b5-4+. The predicted octanol–water partition coefficient (Wildman–Crippen LogP) is 5.05. The molecule has 0 aliphatic rings. The van der Waals surface area contributed by atoms with Crippen LogP contribution in [0.2, 0.25) is 0 Å². The lowest BCUT2D eigenvalue weighted by molar-refractivity contribution is -0.175. The number of carbonyl (C=O) groups excluding carboxylic acids is 2. The molecule has 2 rings (SSSR count). The number of hydrogen-bond acceptors (Lipinski definition) is 3. The molecular weight excluding hydrogens is 390 g/mol. The van der Waals surface area contributed by atoms with Crippen LogP contribution in [-0.2, 0) is 9.59 Å². The molecule has 9 heteroatoms. The second-order valence-electron chi connectivity index (χ2n) is 5.50. The Bertz CT molecular complexity index is 940. The van der Waals surface area contributed by atoms with Gasteiger partial charge in [0.15, 0.2) is 0 Å². The number of carbonyl (C=O) groups is 2. The summed E-state index contributed by atoms with van der Waals surface area (Å²) in [4.78, 5) is 22.5. The zero-order valence-corrected chi connectivity index (χ0v) is 14.2. The van der Waals surface area contributed by atoms with Gasteiger partial charge in [-0.15, -0.1) is 0 Å². The number of alkyl halides is 6. The molecule has 0 heterocycles. The Balaban J connectivity index is 2.50. The van der Waals surface area contributed by atoms with Crippen LogP contribution in [-0.4, -0.2) is 31.0 Å². The minimum atomic E-state index is -5.62. The molecule has 28 heavy (non-hydrogen) atoms. The van der Waals surface area contributed by atoms with E-state index in [2.05, 4.69) is 0 Å². The molecule has 0 atom stereocenters. The van der Waals surface area contributed by atoms with Gasteiger partial charge in [0.05, 0.1) is 12.7 Å². The maximum atomic E-state index is 12.5. The van der Waals surface area contributed by atoms with Crippen molar-refractivity contribution in [3.8, 4) is 5.75 Å². The first kappa shape index (κ1) is 21.2. The lowest BCUT2D eigenvalue weighted by atomic mass is 10.0. The molecular formula is C19H12F6O3. The van der Waals surface area contributed by atoms with Gasteiger partial charge < -0.3 is 4.74 Å². The van der Waals surface area contributed by atoms with Crippen molar-refractivity contribution in [2.45, 2.75) is 12.4 Å². The number of rotatable bonds is 5. The summed E-state index contributed by atoms with van der Waals surface area (Å²) in [7, 11) is 1.44. The lowest BCUT2D eigenvalue weighted by Crippen LogP contribution is -2.34. The summed E-state index contributed by atoms with van der Waals surface area (Å²) in [6.07, 6.45) is -9.04. The Hall–Kier alpha value is -3.10. The van der Waals surface area contributed by atoms with Gasteiger partial charge >= 0.3 is 12.4 Å². The summed E-state index contributed by atoms with van der Waals surface area (Å²) in [5.41, 5.74) is -1.57. The van der Waals surface area contributed by atoms with Crippen LogP contribution < -0.4 is 4.74 Å². The molecule has 2 aromatic carbocycles. The van der Waals surface area contributed by atoms with Gasteiger partial charge in [0.2, 0.25) is 0 Å². The third-order valence-electron chi connectivity index (χ3n) is 3.68. The first-order valence-electron chi connectivity index (χ1n) is 7.64. The van der Waals surface area contributed by atoms with Crippen molar-refractivity contribution in [3.63, 3.8) is 0 Å². The normalized spacial score (nSPS) is 12.2. The van der Waals surface area contributed by atoms with E-state index < -0.39 is 29.5 Å². The summed E-state index contributed by atoms with van der Waals surface area (Å²) in [5, 5.41) is 1.27. The molecule has 0 aliphatic heterocycles. The van der Waals surface area contributed by atoms with Gasteiger partial charge in [-0.1, -0.05) is 42.5 Å². The number of halogens is 6. The minimum Gasteiger partial charge on any atom is -0.496 e. The van der Waals surface area contributed by atoms with Gasteiger partial charge in [-0.3, -0.25) is 9.59 Å². The fourth-order valence-corrected chi connectivity index (χ4v) is 2.43. The Labute approximate surface area is 154 Å². The number of ether oxygens (including phenoxy) is 1. The van der Waals surface area contributed by atoms with E-state index in [1.54, 1.807) is 30.3 Å². The maximum absolute atomic E-state index is 12.5. The second-order valence-corrected chi connectivity index (χ2v) is 5.50. The van der Waals surface area contributed by atoms with Crippen LogP contribution >= 0.6 is 0 Å². The number of fused-ring (bicyclic) bond motifs is 1. The Kier molecular flexibility index (Phi) is 5.96. The van der Waals surface area contributed by atoms with Gasteiger partial charge in [-0.2, -0.15) is 26.3 Å². The molecule has 2 aromatic rings. The van der Waals surface area contributed by atoms with E-state index >= 15 is 0 Å². The number of hydrogen-bond donors (Lipinski definition) is 0.